The summed E-state index contributed by atoms with van der Waals surface area (Å²) >= 11 is 6.20. The Kier molecular flexibility index (Phi) is 5.15. The largest absolute Gasteiger partial charge is 0.486 e. The van der Waals surface area contributed by atoms with Crippen molar-refractivity contribution in [3.05, 3.63) is 28.8 Å². The number of hydrogen-bond donors (Lipinski definition) is 2. The van der Waals surface area contributed by atoms with Crippen molar-refractivity contribution in [3.8, 4) is 11.5 Å². The third-order valence-corrected chi connectivity index (χ3v) is 4.68. The Bertz CT molecular complexity index is 861. The van der Waals surface area contributed by atoms with Crippen LogP contribution in [0.2, 0.25) is 5.02 Å². The van der Waals surface area contributed by atoms with Gasteiger partial charge >= 0.3 is 0 Å². The van der Waals surface area contributed by atoms with E-state index in [2.05, 4.69) is 25.4 Å². The van der Waals surface area contributed by atoms with Crippen LogP contribution in [0.5, 0.6) is 11.5 Å². The molecule has 1 aromatic heterocycles. The first-order valence-electron chi connectivity index (χ1n) is 8.94. The van der Waals surface area contributed by atoms with Gasteiger partial charge in [-0.2, -0.15) is 4.98 Å². The van der Waals surface area contributed by atoms with Crippen LogP contribution in [-0.2, 0) is 4.79 Å². The second-order valence-electron chi connectivity index (χ2n) is 6.38. The van der Waals surface area contributed by atoms with Crippen molar-refractivity contribution in [2.45, 2.75) is 19.3 Å². The highest BCUT2D eigenvalue weighted by Gasteiger charge is 2.17. The third-order valence-electron chi connectivity index (χ3n) is 4.40. The number of carbonyl (C=O) groups is 1. The fourth-order valence-corrected chi connectivity index (χ4v) is 3.38. The third kappa shape index (κ3) is 4.16. The van der Waals surface area contributed by atoms with Gasteiger partial charge in [-0.1, -0.05) is 11.6 Å². The minimum absolute atomic E-state index is 0.317. The summed E-state index contributed by atoms with van der Waals surface area (Å²) in [5.74, 6) is 1.74. The molecule has 8 nitrogen and oxygen atoms in total. The molecule has 1 fully saturated rings. The van der Waals surface area contributed by atoms with Crippen LogP contribution in [0.25, 0.3) is 6.08 Å². The molecule has 2 aromatic rings. The van der Waals surface area contributed by atoms with Crippen molar-refractivity contribution in [2.24, 2.45) is 0 Å². The smallest absolute Gasteiger partial charge is 0.250 e. The van der Waals surface area contributed by atoms with Crippen LogP contribution in [-0.4, -0.2) is 47.4 Å². The molecule has 0 bridgehead atoms. The maximum absolute atomic E-state index is 12.2. The van der Waals surface area contributed by atoms with Crippen LogP contribution in [0.4, 0.5) is 11.9 Å². The fraction of sp³-hybridized carbons (Fsp3) is 0.389. The molecular weight excluding hydrogens is 370 g/mol. The number of halogens is 1. The Labute approximate surface area is 161 Å². The molecule has 1 aromatic carbocycles. The lowest BCUT2D eigenvalue weighted by Gasteiger charge is -2.24. The quantitative estimate of drug-likeness (QED) is 0.781. The average Bonchev–Trinajstić information content (AvgIpc) is 3.16. The van der Waals surface area contributed by atoms with Gasteiger partial charge < -0.3 is 14.4 Å². The molecule has 142 valence electrons. The zero-order valence-electron chi connectivity index (χ0n) is 14.7. The van der Waals surface area contributed by atoms with E-state index in [9.17, 15) is 4.79 Å². The van der Waals surface area contributed by atoms with Gasteiger partial charge in [-0.05, 0) is 43.0 Å². The number of hydrogen-bond acceptors (Lipinski definition) is 6. The summed E-state index contributed by atoms with van der Waals surface area (Å²) in [6.45, 7) is 2.83. The number of H-pyrrole nitrogens is 1. The molecule has 0 spiro atoms. The molecule has 0 saturated carbocycles. The first kappa shape index (κ1) is 17.7. The number of ether oxygens (including phenoxy) is 2. The van der Waals surface area contributed by atoms with Gasteiger partial charge in [-0.25, -0.2) is 5.10 Å². The van der Waals surface area contributed by atoms with Gasteiger partial charge in [0.2, 0.25) is 11.9 Å². The number of amides is 1. The molecule has 0 aliphatic carbocycles. The highest BCUT2D eigenvalue weighted by Crippen LogP contribution is 2.38. The lowest BCUT2D eigenvalue weighted by molar-refractivity contribution is -0.111. The average molecular weight is 390 g/mol. The maximum atomic E-state index is 12.2. The van der Waals surface area contributed by atoms with E-state index in [0.717, 1.165) is 31.5 Å². The van der Waals surface area contributed by atoms with Crippen LogP contribution in [0.15, 0.2) is 18.2 Å². The van der Waals surface area contributed by atoms with Crippen molar-refractivity contribution in [2.75, 3.05) is 36.5 Å². The number of fused-ring (bicyclic) bond motifs is 1. The molecule has 9 heteroatoms. The SMILES string of the molecule is O=C(/C=C/c1cc(Cl)c2c(c1)OCCO2)Nc1nc(N2CCCCC2)n[nH]1. The fourth-order valence-electron chi connectivity index (χ4n) is 3.10. The molecule has 3 heterocycles. The van der Waals surface area contributed by atoms with Crippen molar-refractivity contribution < 1.29 is 14.3 Å². The van der Waals surface area contributed by atoms with Crippen molar-refractivity contribution in [1.29, 1.82) is 0 Å². The van der Waals surface area contributed by atoms with Gasteiger partial charge in [0.15, 0.2) is 11.5 Å². The van der Waals surface area contributed by atoms with E-state index in [1.807, 2.05) is 0 Å². The molecule has 1 saturated heterocycles. The van der Waals surface area contributed by atoms with E-state index in [4.69, 9.17) is 21.1 Å². The van der Waals surface area contributed by atoms with E-state index >= 15 is 0 Å². The second kappa shape index (κ2) is 7.87. The number of nitrogens with one attached hydrogen (secondary N) is 2. The summed E-state index contributed by atoms with van der Waals surface area (Å²) in [6, 6.07) is 3.51. The Morgan fingerprint density at radius 1 is 1.22 bits per heavy atom. The number of piperidine rings is 1. The summed E-state index contributed by atoms with van der Waals surface area (Å²) in [7, 11) is 0. The van der Waals surface area contributed by atoms with E-state index in [1.165, 1.54) is 12.5 Å². The number of rotatable bonds is 4. The van der Waals surface area contributed by atoms with Crippen LogP contribution in [0.3, 0.4) is 0 Å². The van der Waals surface area contributed by atoms with Crippen LogP contribution >= 0.6 is 11.6 Å². The van der Waals surface area contributed by atoms with Crippen molar-refractivity contribution >= 4 is 35.5 Å². The first-order valence-corrected chi connectivity index (χ1v) is 9.32. The highest BCUT2D eigenvalue weighted by atomic mass is 35.5. The predicted molar refractivity (Wildman–Crippen MR) is 103 cm³/mol. The Hall–Kier alpha value is -2.74. The summed E-state index contributed by atoms with van der Waals surface area (Å²) in [6.07, 6.45) is 6.57. The summed E-state index contributed by atoms with van der Waals surface area (Å²) in [5.41, 5.74) is 0.742. The Morgan fingerprint density at radius 3 is 2.89 bits per heavy atom. The van der Waals surface area contributed by atoms with Crippen LogP contribution < -0.4 is 19.7 Å². The number of anilines is 2. The van der Waals surface area contributed by atoms with Gasteiger partial charge in [0.1, 0.15) is 13.2 Å². The van der Waals surface area contributed by atoms with Crippen molar-refractivity contribution in [3.63, 3.8) is 0 Å². The molecule has 4 rings (SSSR count). The number of aromatic nitrogens is 3. The molecule has 0 radical (unpaired) electrons. The molecule has 2 aliphatic rings. The highest BCUT2D eigenvalue weighted by molar-refractivity contribution is 6.32. The monoisotopic (exact) mass is 389 g/mol. The molecule has 0 unspecified atom stereocenters. The summed E-state index contributed by atoms with van der Waals surface area (Å²) in [5, 5.41) is 10.1. The molecule has 27 heavy (non-hydrogen) atoms. The zero-order chi connectivity index (χ0) is 18.6. The number of benzene rings is 1. The van der Waals surface area contributed by atoms with Crippen molar-refractivity contribution in [1.82, 2.24) is 15.2 Å². The minimum atomic E-state index is -0.317. The van der Waals surface area contributed by atoms with Gasteiger partial charge in [-0.15, -0.1) is 5.10 Å². The molecule has 1 amide bonds. The molecular formula is C18H20ClN5O3. The first-order chi connectivity index (χ1) is 13.2. The molecule has 2 N–H and O–H groups in total. The Morgan fingerprint density at radius 2 is 2.04 bits per heavy atom. The zero-order valence-corrected chi connectivity index (χ0v) is 15.5. The molecule has 2 aliphatic heterocycles. The van der Waals surface area contributed by atoms with Gasteiger partial charge in [0, 0.05) is 19.2 Å². The summed E-state index contributed by atoms with van der Waals surface area (Å²) in [4.78, 5) is 18.6. The van der Waals surface area contributed by atoms with Gasteiger partial charge in [0.25, 0.3) is 5.91 Å². The van der Waals surface area contributed by atoms with E-state index in [-0.39, 0.29) is 5.91 Å². The predicted octanol–water partition coefficient (Wildman–Crippen LogP) is 2.87. The standard InChI is InChI=1S/C18H20ClN5O3/c19-13-10-12(11-14-16(13)27-9-8-26-14)4-5-15(25)20-17-21-18(23-22-17)24-6-2-1-3-7-24/h4-5,10-11H,1-3,6-9H2,(H2,20,21,22,23,25)/b5-4+. The Balaban J connectivity index is 1.39. The second-order valence-corrected chi connectivity index (χ2v) is 6.79. The van der Waals surface area contributed by atoms with Gasteiger partial charge in [-0.3, -0.25) is 10.1 Å². The van der Waals surface area contributed by atoms with E-state index in [1.54, 1.807) is 18.2 Å². The van der Waals surface area contributed by atoms with Gasteiger partial charge in [0.05, 0.1) is 5.02 Å². The van der Waals surface area contributed by atoms with E-state index in [0.29, 0.717) is 41.6 Å². The number of aromatic amines is 1. The summed E-state index contributed by atoms with van der Waals surface area (Å²) < 4.78 is 11.0. The lowest BCUT2D eigenvalue weighted by Crippen LogP contribution is -2.30. The normalized spacial score (nSPS) is 16.6. The van der Waals surface area contributed by atoms with Crippen LogP contribution in [0.1, 0.15) is 24.8 Å². The van der Waals surface area contributed by atoms with E-state index < -0.39 is 0 Å². The molecule has 0 atom stereocenters. The number of carbonyl (C=O) groups excluding carboxylic acids is 1. The number of nitrogens with zero attached hydrogens (tertiary/aromatic N) is 3. The minimum Gasteiger partial charge on any atom is -0.486 e. The maximum Gasteiger partial charge on any atom is 0.250 e. The lowest BCUT2D eigenvalue weighted by atomic mass is 10.1. The topological polar surface area (TPSA) is 92.4 Å². The van der Waals surface area contributed by atoms with Crippen LogP contribution in [0, 0.1) is 0 Å².